The largest absolute Gasteiger partial charge is 0.481 e. The molecular weight excluding hydrogens is 499 g/mol. The molecule has 0 bridgehead atoms. The number of ether oxygens (including phenoxy) is 1. The number of nitrogens with zero attached hydrogens (tertiary/aromatic N) is 3. The second-order valence-corrected chi connectivity index (χ2v) is 10.8. The minimum atomic E-state index is -4.57. The summed E-state index contributed by atoms with van der Waals surface area (Å²) in [5.74, 6) is -1.08. The van der Waals surface area contributed by atoms with Gasteiger partial charge in [-0.25, -0.2) is 4.79 Å². The van der Waals surface area contributed by atoms with Gasteiger partial charge in [-0.15, -0.1) is 0 Å². The van der Waals surface area contributed by atoms with E-state index in [1.54, 1.807) is 0 Å². The number of piperidine rings is 1. The molecule has 2 unspecified atom stereocenters. The molecule has 1 aromatic carbocycles. The smallest absolute Gasteiger partial charge is 0.425 e. The number of amides is 1. The van der Waals surface area contributed by atoms with E-state index in [1.165, 1.54) is 4.90 Å². The normalized spacial score (nSPS) is 23.8. The highest BCUT2D eigenvalue weighted by Crippen LogP contribution is 2.40. The zero-order valence-corrected chi connectivity index (χ0v) is 21.2. The molecule has 11 heteroatoms. The average molecular weight is 532 g/mol. The molecule has 4 rings (SSSR count). The number of carboxylic acids is 1. The van der Waals surface area contributed by atoms with E-state index < -0.39 is 24.3 Å². The molecule has 1 N–H and O–H groups in total. The molecule has 1 spiro atoms. The van der Waals surface area contributed by atoms with E-state index in [0.717, 1.165) is 44.0 Å². The van der Waals surface area contributed by atoms with Crippen molar-refractivity contribution in [3.05, 3.63) is 34.3 Å². The van der Waals surface area contributed by atoms with Crippen molar-refractivity contribution in [1.29, 1.82) is 0 Å². The molecule has 200 valence electrons. The molecule has 0 radical (unpaired) electrons. The fourth-order valence-electron chi connectivity index (χ4n) is 5.76. The predicted molar refractivity (Wildman–Crippen MR) is 128 cm³/mol. The minimum Gasteiger partial charge on any atom is -0.481 e. The number of likely N-dealkylation sites (tertiary alicyclic amines) is 3. The van der Waals surface area contributed by atoms with E-state index >= 15 is 0 Å². The summed E-state index contributed by atoms with van der Waals surface area (Å²) in [5, 5.41) is 9.90. The van der Waals surface area contributed by atoms with Crippen LogP contribution in [0.3, 0.4) is 0 Å². The summed E-state index contributed by atoms with van der Waals surface area (Å²) in [4.78, 5) is 29.4. The van der Waals surface area contributed by atoms with Crippen LogP contribution in [0.4, 0.5) is 18.0 Å². The van der Waals surface area contributed by atoms with Crippen LogP contribution in [0.25, 0.3) is 0 Å². The summed E-state index contributed by atoms with van der Waals surface area (Å²) in [5.41, 5.74) is 2.03. The molecule has 1 aromatic rings. The van der Waals surface area contributed by atoms with Crippen molar-refractivity contribution < 1.29 is 32.6 Å². The molecule has 0 aliphatic carbocycles. The first-order valence-corrected chi connectivity index (χ1v) is 12.8. The van der Waals surface area contributed by atoms with Crippen molar-refractivity contribution >= 4 is 23.7 Å². The number of hydrogen-bond acceptors (Lipinski definition) is 5. The van der Waals surface area contributed by atoms with Gasteiger partial charge in [0.1, 0.15) is 0 Å². The van der Waals surface area contributed by atoms with E-state index in [4.69, 9.17) is 11.6 Å². The maximum atomic E-state index is 12.8. The number of benzene rings is 1. The third-order valence-corrected chi connectivity index (χ3v) is 8.07. The Balaban J connectivity index is 1.36. The molecule has 1 amide bonds. The van der Waals surface area contributed by atoms with Gasteiger partial charge in [0.2, 0.25) is 0 Å². The van der Waals surface area contributed by atoms with Crippen LogP contribution >= 0.6 is 11.6 Å². The van der Waals surface area contributed by atoms with Crippen LogP contribution in [0.5, 0.6) is 0 Å². The average Bonchev–Trinajstić information content (AvgIpc) is 3.41. The van der Waals surface area contributed by atoms with Gasteiger partial charge in [-0.05, 0) is 75.4 Å². The number of rotatable bonds is 6. The van der Waals surface area contributed by atoms with Crippen LogP contribution in [0.1, 0.15) is 50.2 Å². The fourth-order valence-corrected chi connectivity index (χ4v) is 6.04. The van der Waals surface area contributed by atoms with Crippen molar-refractivity contribution in [1.82, 2.24) is 14.7 Å². The maximum absolute atomic E-state index is 12.8. The number of carbonyl (C=O) groups is 2. The third-order valence-electron chi connectivity index (χ3n) is 7.85. The van der Waals surface area contributed by atoms with Gasteiger partial charge < -0.3 is 14.7 Å². The predicted octanol–water partition coefficient (Wildman–Crippen LogP) is 4.76. The van der Waals surface area contributed by atoms with Crippen LogP contribution < -0.4 is 0 Å². The molecule has 3 saturated heterocycles. The molecule has 3 aliphatic rings. The Hall–Kier alpha value is -2.04. The van der Waals surface area contributed by atoms with Crippen molar-refractivity contribution in [2.24, 2.45) is 5.92 Å². The van der Waals surface area contributed by atoms with E-state index in [-0.39, 0.29) is 11.5 Å². The number of hydrogen-bond donors (Lipinski definition) is 1. The van der Waals surface area contributed by atoms with Crippen LogP contribution in [0.2, 0.25) is 5.02 Å². The highest BCUT2D eigenvalue weighted by atomic mass is 35.5. The zero-order chi connectivity index (χ0) is 26.1. The van der Waals surface area contributed by atoms with Gasteiger partial charge in [-0.1, -0.05) is 17.7 Å². The van der Waals surface area contributed by atoms with Gasteiger partial charge in [0, 0.05) is 43.3 Å². The first-order chi connectivity index (χ1) is 16.9. The molecule has 3 aliphatic heterocycles. The summed E-state index contributed by atoms with van der Waals surface area (Å²) in [6.07, 6.45) is -3.60. The molecule has 0 aromatic heterocycles. The summed E-state index contributed by atoms with van der Waals surface area (Å²) in [6, 6.07) is 5.99. The monoisotopic (exact) mass is 531 g/mol. The topological polar surface area (TPSA) is 73.3 Å². The van der Waals surface area contributed by atoms with Gasteiger partial charge in [0.05, 0.1) is 5.92 Å². The van der Waals surface area contributed by atoms with Crippen molar-refractivity contribution in [3.8, 4) is 0 Å². The first-order valence-electron chi connectivity index (χ1n) is 12.5. The van der Waals surface area contributed by atoms with Crippen molar-refractivity contribution in [2.75, 3.05) is 32.7 Å². The van der Waals surface area contributed by atoms with E-state index in [9.17, 15) is 27.9 Å². The number of aliphatic carboxylic acids is 1. The lowest BCUT2D eigenvalue weighted by Crippen LogP contribution is -2.53. The Morgan fingerprint density at radius 3 is 2.39 bits per heavy atom. The molecule has 3 heterocycles. The third kappa shape index (κ3) is 6.26. The van der Waals surface area contributed by atoms with Gasteiger partial charge >= 0.3 is 18.2 Å². The Morgan fingerprint density at radius 2 is 1.78 bits per heavy atom. The van der Waals surface area contributed by atoms with E-state index in [1.807, 2.05) is 12.1 Å². The van der Waals surface area contributed by atoms with Gasteiger partial charge in [-0.3, -0.25) is 14.6 Å². The Morgan fingerprint density at radius 1 is 1.11 bits per heavy atom. The summed E-state index contributed by atoms with van der Waals surface area (Å²) >= 11 is 6.44. The van der Waals surface area contributed by atoms with Crippen LogP contribution in [-0.2, 0) is 22.6 Å². The second kappa shape index (κ2) is 10.8. The van der Waals surface area contributed by atoms with Crippen LogP contribution in [0, 0.1) is 5.92 Å². The number of alkyl halides is 3. The number of carbonyl (C=O) groups excluding carboxylic acids is 1. The van der Waals surface area contributed by atoms with Crippen LogP contribution in [0.15, 0.2) is 18.2 Å². The first kappa shape index (κ1) is 27.0. The second-order valence-electron chi connectivity index (χ2n) is 10.3. The molecule has 7 nitrogen and oxygen atoms in total. The molecular formula is C25H33ClF3N3O4. The quantitative estimate of drug-likeness (QED) is 0.570. The van der Waals surface area contributed by atoms with Gasteiger partial charge in [0.25, 0.3) is 0 Å². The molecule has 36 heavy (non-hydrogen) atoms. The maximum Gasteiger partial charge on any atom is 0.425 e. The van der Waals surface area contributed by atoms with Gasteiger partial charge in [0.15, 0.2) is 6.10 Å². The Bertz CT molecular complexity index is 968. The highest BCUT2D eigenvalue weighted by Gasteiger charge is 2.45. The summed E-state index contributed by atoms with van der Waals surface area (Å²) in [7, 11) is 0. The summed E-state index contributed by atoms with van der Waals surface area (Å²) < 4.78 is 42.9. The molecule has 0 saturated carbocycles. The van der Waals surface area contributed by atoms with E-state index in [0.29, 0.717) is 57.0 Å². The Kier molecular flexibility index (Phi) is 8.07. The highest BCUT2D eigenvalue weighted by molar-refractivity contribution is 6.30. The molecule has 3 fully saturated rings. The molecule has 2 atom stereocenters. The zero-order valence-electron chi connectivity index (χ0n) is 20.4. The van der Waals surface area contributed by atoms with E-state index in [2.05, 4.69) is 20.6 Å². The lowest BCUT2D eigenvalue weighted by Gasteiger charge is -2.45. The lowest BCUT2D eigenvalue weighted by molar-refractivity contribution is -0.200. The number of halogens is 4. The van der Waals surface area contributed by atoms with Gasteiger partial charge in [-0.2, -0.15) is 13.2 Å². The summed E-state index contributed by atoms with van der Waals surface area (Å²) in [6.45, 7) is 5.10. The standard InChI is InChI=1S/C25H33ClF3N3O4/c1-17(25(27,28)29)36-23(35)31-9-5-24(6-10-31)4-2-7-32(24)15-19-11-18(12-21(26)13-19)14-30-8-3-20(16-30)22(33)34/h11-13,17,20H,2-10,14-16H2,1H3,(H,33,34). The van der Waals surface area contributed by atoms with Crippen molar-refractivity contribution in [2.45, 2.75) is 69.9 Å². The fraction of sp³-hybridized carbons (Fsp3) is 0.680. The SMILES string of the molecule is CC(OC(=O)N1CCC2(CCCN2Cc2cc(Cl)cc(CN3CCC(C(=O)O)C3)c2)CC1)C(F)(F)F. The lowest BCUT2D eigenvalue weighted by atomic mass is 9.85. The minimum absolute atomic E-state index is 0.0986. The Labute approximate surface area is 214 Å². The van der Waals surface area contributed by atoms with Crippen molar-refractivity contribution in [3.63, 3.8) is 0 Å². The van der Waals surface area contributed by atoms with Crippen LogP contribution in [-0.4, -0.2) is 82.4 Å². The number of carboxylic acid groups (broad SMARTS) is 1.